The molecule has 0 spiro atoms. The van der Waals surface area contributed by atoms with E-state index in [1.165, 1.54) is 7.11 Å². The minimum absolute atomic E-state index is 0.0271. The van der Waals surface area contributed by atoms with Gasteiger partial charge in [-0.3, -0.25) is 9.59 Å². The average Bonchev–Trinajstić information content (AvgIpc) is 3.44. The first-order valence-electron chi connectivity index (χ1n) is 11.6. The fourth-order valence-electron chi connectivity index (χ4n) is 4.94. The number of rotatable bonds is 9. The molecule has 0 saturated carbocycles. The summed E-state index contributed by atoms with van der Waals surface area (Å²) in [7, 11) is 1.47. The van der Waals surface area contributed by atoms with Gasteiger partial charge in [-0.25, -0.2) is 4.79 Å². The molecule has 2 aromatic carbocycles. The first kappa shape index (κ1) is 23.8. The molecule has 2 aliphatic rings. The van der Waals surface area contributed by atoms with Gasteiger partial charge in [-0.2, -0.15) is 0 Å². The number of amides is 2. The van der Waals surface area contributed by atoms with E-state index >= 15 is 0 Å². The number of carbonyl (C=O) groups is 3. The van der Waals surface area contributed by atoms with E-state index in [1.807, 2.05) is 36.4 Å². The zero-order valence-corrected chi connectivity index (χ0v) is 19.2. The first-order chi connectivity index (χ1) is 16.5. The summed E-state index contributed by atoms with van der Waals surface area (Å²) in [6, 6.07) is 15.3. The molecule has 1 fully saturated rings. The normalized spacial score (nSPS) is 17.7. The van der Waals surface area contributed by atoms with E-state index in [-0.39, 0.29) is 37.4 Å². The second kappa shape index (κ2) is 10.7. The fraction of sp³-hybridized carbons (Fsp3) is 0.423. The van der Waals surface area contributed by atoms with Gasteiger partial charge in [-0.15, -0.1) is 0 Å². The van der Waals surface area contributed by atoms with Crippen LogP contribution in [0.1, 0.15) is 36.3 Å². The van der Waals surface area contributed by atoms with Gasteiger partial charge < -0.3 is 24.8 Å². The van der Waals surface area contributed by atoms with Crippen molar-refractivity contribution >= 4 is 18.0 Å². The van der Waals surface area contributed by atoms with Gasteiger partial charge in [0.15, 0.2) is 0 Å². The molecule has 2 amide bonds. The van der Waals surface area contributed by atoms with Crippen molar-refractivity contribution in [3.63, 3.8) is 0 Å². The van der Waals surface area contributed by atoms with E-state index in [1.54, 1.807) is 4.90 Å². The Hall–Kier alpha value is -3.39. The minimum atomic E-state index is -0.862. The van der Waals surface area contributed by atoms with E-state index in [2.05, 4.69) is 17.4 Å². The number of benzene rings is 2. The van der Waals surface area contributed by atoms with E-state index in [0.29, 0.717) is 19.5 Å². The van der Waals surface area contributed by atoms with Crippen molar-refractivity contribution in [3.8, 4) is 11.1 Å². The van der Waals surface area contributed by atoms with Crippen LogP contribution in [-0.2, 0) is 19.1 Å². The van der Waals surface area contributed by atoms with Crippen LogP contribution in [0.3, 0.4) is 0 Å². The summed E-state index contributed by atoms with van der Waals surface area (Å²) in [5.74, 6) is -0.992. The zero-order chi connectivity index (χ0) is 24.1. The van der Waals surface area contributed by atoms with Crippen LogP contribution >= 0.6 is 0 Å². The van der Waals surface area contributed by atoms with Gasteiger partial charge in [0, 0.05) is 32.5 Å². The molecule has 8 nitrogen and oxygen atoms in total. The first-order valence-corrected chi connectivity index (χ1v) is 11.6. The lowest BCUT2D eigenvalue weighted by molar-refractivity contribution is -0.137. The molecule has 0 radical (unpaired) electrons. The number of carboxylic acids is 1. The summed E-state index contributed by atoms with van der Waals surface area (Å²) in [5.41, 5.74) is 4.52. The number of carboxylic acid groups (broad SMARTS) is 1. The van der Waals surface area contributed by atoms with Crippen molar-refractivity contribution in [1.29, 1.82) is 0 Å². The minimum Gasteiger partial charge on any atom is -0.481 e. The Labute approximate surface area is 198 Å². The highest BCUT2D eigenvalue weighted by atomic mass is 16.5. The molecule has 4 rings (SSSR count). The summed E-state index contributed by atoms with van der Waals surface area (Å²) < 4.78 is 10.7. The van der Waals surface area contributed by atoms with Crippen molar-refractivity contribution in [2.24, 2.45) is 5.92 Å². The summed E-state index contributed by atoms with van der Waals surface area (Å²) in [6.45, 7) is 1.21. The molecule has 1 aliphatic heterocycles. The molecule has 180 valence electrons. The molecule has 34 heavy (non-hydrogen) atoms. The number of aliphatic carboxylic acids is 1. The maximum Gasteiger partial charge on any atom is 0.407 e. The lowest BCUT2D eigenvalue weighted by atomic mass is 9.98. The Morgan fingerprint density at radius 2 is 1.74 bits per heavy atom. The summed E-state index contributed by atoms with van der Waals surface area (Å²) in [5, 5.41) is 11.5. The highest BCUT2D eigenvalue weighted by molar-refractivity contribution is 5.86. The Morgan fingerprint density at radius 3 is 2.35 bits per heavy atom. The fourth-order valence-corrected chi connectivity index (χ4v) is 4.94. The summed E-state index contributed by atoms with van der Waals surface area (Å²) in [4.78, 5) is 38.1. The quantitative estimate of drug-likeness (QED) is 0.588. The highest BCUT2D eigenvalue weighted by Gasteiger charge is 2.33. The van der Waals surface area contributed by atoms with Crippen LogP contribution in [0.25, 0.3) is 11.1 Å². The second-order valence-electron chi connectivity index (χ2n) is 8.85. The largest absolute Gasteiger partial charge is 0.481 e. The van der Waals surface area contributed by atoms with Crippen molar-refractivity contribution in [2.45, 2.75) is 31.2 Å². The van der Waals surface area contributed by atoms with E-state index in [9.17, 15) is 14.4 Å². The maximum atomic E-state index is 13.0. The van der Waals surface area contributed by atoms with Gasteiger partial charge in [0.05, 0.1) is 6.61 Å². The molecular weight excluding hydrogens is 436 g/mol. The summed E-state index contributed by atoms with van der Waals surface area (Å²) >= 11 is 0. The van der Waals surface area contributed by atoms with Crippen LogP contribution in [0.4, 0.5) is 4.79 Å². The molecule has 2 N–H and O–H groups in total. The van der Waals surface area contributed by atoms with Crippen LogP contribution in [-0.4, -0.2) is 67.4 Å². The van der Waals surface area contributed by atoms with Gasteiger partial charge in [0.1, 0.15) is 12.6 Å². The Kier molecular flexibility index (Phi) is 7.47. The Balaban J connectivity index is 1.35. The molecular formula is C26H30N2O6. The smallest absolute Gasteiger partial charge is 0.407 e. The third kappa shape index (κ3) is 5.22. The molecule has 2 atom stereocenters. The monoisotopic (exact) mass is 466 g/mol. The van der Waals surface area contributed by atoms with E-state index in [0.717, 1.165) is 28.7 Å². The third-order valence-electron chi connectivity index (χ3n) is 6.63. The highest BCUT2D eigenvalue weighted by Crippen LogP contribution is 2.44. The van der Waals surface area contributed by atoms with Gasteiger partial charge in [-0.05, 0) is 41.0 Å². The lowest BCUT2D eigenvalue weighted by Crippen LogP contribution is -2.50. The number of nitrogens with one attached hydrogen (secondary N) is 1. The number of methoxy groups -OCH3 is 1. The number of hydrogen-bond donors (Lipinski definition) is 2. The molecule has 1 heterocycles. The van der Waals surface area contributed by atoms with Crippen molar-refractivity contribution in [2.75, 3.05) is 33.4 Å². The number of hydrogen-bond acceptors (Lipinski definition) is 5. The maximum absolute atomic E-state index is 13.0. The number of likely N-dealkylation sites (tertiary alicyclic amines) is 1. The van der Waals surface area contributed by atoms with Gasteiger partial charge in [-0.1, -0.05) is 48.5 Å². The summed E-state index contributed by atoms with van der Waals surface area (Å²) in [6.07, 6.45) is 0.711. The van der Waals surface area contributed by atoms with Gasteiger partial charge in [0.25, 0.3) is 0 Å². The van der Waals surface area contributed by atoms with E-state index in [4.69, 9.17) is 14.6 Å². The molecule has 0 aromatic heterocycles. The van der Waals surface area contributed by atoms with Crippen LogP contribution in [0.15, 0.2) is 48.5 Å². The van der Waals surface area contributed by atoms with Gasteiger partial charge >= 0.3 is 12.1 Å². The topological polar surface area (TPSA) is 105 Å². The van der Waals surface area contributed by atoms with Gasteiger partial charge in [0.2, 0.25) is 5.91 Å². The number of fused-ring (bicyclic) bond motifs is 3. The van der Waals surface area contributed by atoms with Crippen molar-refractivity contribution in [3.05, 3.63) is 59.7 Å². The third-order valence-corrected chi connectivity index (χ3v) is 6.63. The van der Waals surface area contributed by atoms with Crippen molar-refractivity contribution < 1.29 is 29.0 Å². The number of alkyl carbamates (subject to hydrolysis) is 1. The SMILES string of the molecule is COCC(NC(=O)OCC1c2ccccc2-c2ccccc21)C(=O)N1CCC(CCC(=O)O)C1. The van der Waals surface area contributed by atoms with Crippen molar-refractivity contribution in [1.82, 2.24) is 10.2 Å². The molecule has 1 aliphatic carbocycles. The number of carbonyl (C=O) groups excluding carboxylic acids is 2. The molecule has 0 bridgehead atoms. The molecule has 1 saturated heterocycles. The average molecular weight is 467 g/mol. The molecule has 2 aromatic rings. The zero-order valence-electron chi connectivity index (χ0n) is 19.2. The van der Waals surface area contributed by atoms with Crippen LogP contribution in [0.2, 0.25) is 0 Å². The van der Waals surface area contributed by atoms with Crippen LogP contribution in [0, 0.1) is 5.92 Å². The second-order valence-corrected chi connectivity index (χ2v) is 8.85. The predicted octanol–water partition coefficient (Wildman–Crippen LogP) is 3.25. The Morgan fingerprint density at radius 1 is 1.09 bits per heavy atom. The number of nitrogens with zero attached hydrogens (tertiary/aromatic N) is 1. The molecule has 8 heteroatoms. The molecule has 2 unspecified atom stereocenters. The van der Waals surface area contributed by atoms with Crippen LogP contribution < -0.4 is 5.32 Å². The lowest BCUT2D eigenvalue weighted by Gasteiger charge is -2.24. The van der Waals surface area contributed by atoms with Crippen LogP contribution in [0.5, 0.6) is 0 Å². The predicted molar refractivity (Wildman–Crippen MR) is 125 cm³/mol. The number of ether oxygens (including phenoxy) is 2. The van der Waals surface area contributed by atoms with E-state index < -0.39 is 18.1 Å². The standard InChI is InChI=1S/C26H30N2O6/c1-33-16-23(25(31)28-13-12-17(14-28)10-11-24(29)30)27-26(32)34-15-22-20-8-4-2-6-18(20)19-7-3-5-9-21(19)22/h2-9,17,22-23H,10-16H2,1H3,(H,27,32)(H,29,30). The Bertz CT molecular complexity index is 1010.